The first-order chi connectivity index (χ1) is 9.45. The zero-order valence-electron chi connectivity index (χ0n) is 10.9. The van der Waals surface area contributed by atoms with Crippen LogP contribution in [0.3, 0.4) is 0 Å². The zero-order chi connectivity index (χ0) is 14.8. The minimum atomic E-state index is -3.68. The summed E-state index contributed by atoms with van der Waals surface area (Å²) in [5.41, 5.74) is 5.29. The number of anilines is 1. The average Bonchev–Trinajstić information content (AvgIpc) is 2.43. The van der Waals surface area contributed by atoms with Crippen molar-refractivity contribution in [3.05, 3.63) is 24.0 Å². The molecule has 0 aromatic heterocycles. The molecule has 0 unspecified atom stereocenters. The van der Waals surface area contributed by atoms with Crippen molar-refractivity contribution in [2.24, 2.45) is 0 Å². The molecule has 0 saturated carbocycles. The molecule has 1 aromatic carbocycles. The Bertz CT molecular complexity index is 632. The molecular weight excluding hydrogens is 281 g/mol. The highest BCUT2D eigenvalue weighted by molar-refractivity contribution is 7.89. The maximum Gasteiger partial charge on any atom is 0.243 e. The van der Waals surface area contributed by atoms with E-state index < -0.39 is 15.8 Å². The van der Waals surface area contributed by atoms with Crippen molar-refractivity contribution in [2.45, 2.75) is 4.90 Å². The monoisotopic (exact) mass is 297 g/mol. The van der Waals surface area contributed by atoms with Gasteiger partial charge in [0, 0.05) is 26.2 Å². The molecule has 108 valence electrons. The van der Waals surface area contributed by atoms with Crippen LogP contribution in [0.5, 0.6) is 0 Å². The fourth-order valence-electron chi connectivity index (χ4n) is 2.07. The Labute approximate surface area is 118 Å². The summed E-state index contributed by atoms with van der Waals surface area (Å²) < 4.78 is 39.5. The van der Waals surface area contributed by atoms with E-state index in [1.165, 1.54) is 16.4 Å². The van der Waals surface area contributed by atoms with Gasteiger partial charge in [-0.05, 0) is 18.2 Å². The number of sulfonamides is 1. The summed E-state index contributed by atoms with van der Waals surface area (Å²) in [6.45, 7) is 2.33. The number of piperazine rings is 1. The topological polar surface area (TPSA) is 66.6 Å². The molecule has 1 heterocycles. The summed E-state index contributed by atoms with van der Waals surface area (Å²) in [6.07, 6.45) is 5.22. The maximum atomic E-state index is 13.4. The summed E-state index contributed by atoms with van der Waals surface area (Å²) in [7, 11) is -3.68. The third kappa shape index (κ3) is 2.93. The quantitative estimate of drug-likeness (QED) is 0.646. The second-order valence-corrected chi connectivity index (χ2v) is 6.51. The first kappa shape index (κ1) is 14.8. The molecule has 2 rings (SSSR count). The lowest BCUT2D eigenvalue weighted by atomic mass is 10.3. The van der Waals surface area contributed by atoms with Crippen LogP contribution in [0.25, 0.3) is 0 Å². The van der Waals surface area contributed by atoms with Gasteiger partial charge < -0.3 is 5.73 Å². The first-order valence-corrected chi connectivity index (χ1v) is 7.60. The lowest BCUT2D eigenvalue weighted by molar-refractivity contribution is 0.207. The van der Waals surface area contributed by atoms with Crippen LogP contribution in [0.2, 0.25) is 0 Å². The Balaban J connectivity index is 2.16. The molecule has 0 radical (unpaired) electrons. The molecule has 1 aliphatic rings. The van der Waals surface area contributed by atoms with E-state index in [-0.39, 0.29) is 10.6 Å². The van der Waals surface area contributed by atoms with Crippen LogP contribution in [0.1, 0.15) is 0 Å². The van der Waals surface area contributed by atoms with Gasteiger partial charge in [0.25, 0.3) is 0 Å². The third-order valence-electron chi connectivity index (χ3n) is 3.26. The molecule has 1 aliphatic heterocycles. The van der Waals surface area contributed by atoms with Gasteiger partial charge in [0.1, 0.15) is 5.82 Å². The number of halogens is 1. The van der Waals surface area contributed by atoms with Crippen LogP contribution in [0.4, 0.5) is 10.1 Å². The molecule has 0 aliphatic carbocycles. The van der Waals surface area contributed by atoms with E-state index in [9.17, 15) is 12.8 Å². The Hall–Kier alpha value is -1.62. The SMILES string of the molecule is C#CCN1CCN(S(=O)(=O)c2ccc(N)c(F)c2)CC1. The third-order valence-corrected chi connectivity index (χ3v) is 5.15. The van der Waals surface area contributed by atoms with Gasteiger partial charge in [-0.15, -0.1) is 6.42 Å². The minimum absolute atomic E-state index is 0.0669. The van der Waals surface area contributed by atoms with Crippen molar-refractivity contribution in [3.8, 4) is 12.3 Å². The van der Waals surface area contributed by atoms with Crippen molar-refractivity contribution < 1.29 is 12.8 Å². The van der Waals surface area contributed by atoms with E-state index >= 15 is 0 Å². The number of terminal acetylenes is 1. The molecule has 20 heavy (non-hydrogen) atoms. The smallest absolute Gasteiger partial charge is 0.243 e. The molecular formula is C13H16FN3O2S. The summed E-state index contributed by atoms with van der Waals surface area (Å²) in [4.78, 5) is 1.92. The number of nitrogens with two attached hydrogens (primary N) is 1. The number of nitrogens with zero attached hydrogens (tertiary/aromatic N) is 2. The molecule has 1 saturated heterocycles. The van der Waals surface area contributed by atoms with Gasteiger partial charge in [0.15, 0.2) is 0 Å². The van der Waals surface area contributed by atoms with E-state index in [2.05, 4.69) is 5.92 Å². The summed E-state index contributed by atoms with van der Waals surface area (Å²) in [5, 5.41) is 0. The Morgan fingerprint density at radius 2 is 1.95 bits per heavy atom. The Morgan fingerprint density at radius 3 is 2.50 bits per heavy atom. The van der Waals surface area contributed by atoms with E-state index in [0.29, 0.717) is 32.7 Å². The van der Waals surface area contributed by atoms with Crippen LogP contribution < -0.4 is 5.73 Å². The molecule has 5 nitrogen and oxygen atoms in total. The van der Waals surface area contributed by atoms with Gasteiger partial charge in [0.05, 0.1) is 17.1 Å². The predicted octanol–water partition coefficient (Wildman–Crippen LogP) is 0.347. The van der Waals surface area contributed by atoms with Crippen molar-refractivity contribution in [2.75, 3.05) is 38.5 Å². The van der Waals surface area contributed by atoms with Crippen LogP contribution in [-0.4, -0.2) is 50.3 Å². The van der Waals surface area contributed by atoms with Crippen LogP contribution in [0, 0.1) is 18.2 Å². The zero-order valence-corrected chi connectivity index (χ0v) is 11.7. The minimum Gasteiger partial charge on any atom is -0.396 e. The molecule has 1 fully saturated rings. The molecule has 0 atom stereocenters. The van der Waals surface area contributed by atoms with Crippen molar-refractivity contribution in [1.82, 2.24) is 9.21 Å². The second kappa shape index (κ2) is 5.79. The van der Waals surface area contributed by atoms with Gasteiger partial charge in [0.2, 0.25) is 10.0 Å². The highest BCUT2D eigenvalue weighted by Crippen LogP contribution is 2.21. The van der Waals surface area contributed by atoms with Gasteiger partial charge in [-0.2, -0.15) is 4.31 Å². The van der Waals surface area contributed by atoms with Gasteiger partial charge >= 0.3 is 0 Å². The Kier molecular flexibility index (Phi) is 4.28. The normalized spacial score (nSPS) is 17.8. The lowest BCUT2D eigenvalue weighted by Crippen LogP contribution is -2.48. The standard InChI is InChI=1S/C13H16FN3O2S/c1-2-5-16-6-8-17(9-7-16)20(18,19)11-3-4-13(15)12(14)10-11/h1,3-4,10H,5-9,15H2. The fraction of sp³-hybridized carbons (Fsp3) is 0.385. The number of hydrogen-bond acceptors (Lipinski definition) is 4. The molecule has 0 amide bonds. The number of rotatable bonds is 3. The molecule has 2 N–H and O–H groups in total. The van der Waals surface area contributed by atoms with Crippen LogP contribution in [0.15, 0.2) is 23.1 Å². The van der Waals surface area contributed by atoms with Gasteiger partial charge in [-0.3, -0.25) is 4.90 Å². The largest absolute Gasteiger partial charge is 0.396 e. The maximum absolute atomic E-state index is 13.4. The predicted molar refractivity (Wildman–Crippen MR) is 74.8 cm³/mol. The van der Waals surface area contributed by atoms with Crippen LogP contribution >= 0.6 is 0 Å². The highest BCUT2D eigenvalue weighted by Gasteiger charge is 2.28. The van der Waals surface area contributed by atoms with E-state index in [4.69, 9.17) is 12.2 Å². The van der Waals surface area contributed by atoms with Crippen LogP contribution in [-0.2, 0) is 10.0 Å². The van der Waals surface area contributed by atoms with E-state index in [1.54, 1.807) is 0 Å². The number of benzene rings is 1. The molecule has 0 bridgehead atoms. The highest BCUT2D eigenvalue weighted by atomic mass is 32.2. The first-order valence-electron chi connectivity index (χ1n) is 6.16. The average molecular weight is 297 g/mol. The summed E-state index contributed by atoms with van der Waals surface area (Å²) in [5.74, 6) is 1.81. The fourth-order valence-corrected chi connectivity index (χ4v) is 3.51. The van der Waals surface area contributed by atoms with Crippen molar-refractivity contribution >= 4 is 15.7 Å². The number of hydrogen-bond donors (Lipinski definition) is 1. The molecule has 7 heteroatoms. The molecule has 1 aromatic rings. The van der Waals surface area contributed by atoms with Crippen molar-refractivity contribution in [3.63, 3.8) is 0 Å². The number of nitrogen functional groups attached to an aromatic ring is 1. The lowest BCUT2D eigenvalue weighted by Gasteiger charge is -2.32. The van der Waals surface area contributed by atoms with Crippen molar-refractivity contribution in [1.29, 1.82) is 0 Å². The van der Waals surface area contributed by atoms with Gasteiger partial charge in [-0.25, -0.2) is 12.8 Å². The van der Waals surface area contributed by atoms with Gasteiger partial charge in [-0.1, -0.05) is 5.92 Å². The Morgan fingerprint density at radius 1 is 1.30 bits per heavy atom. The second-order valence-electron chi connectivity index (χ2n) is 4.57. The summed E-state index contributed by atoms with van der Waals surface area (Å²) in [6, 6.07) is 3.54. The molecule has 0 spiro atoms. The summed E-state index contributed by atoms with van der Waals surface area (Å²) >= 11 is 0. The van der Waals surface area contributed by atoms with E-state index in [0.717, 1.165) is 6.07 Å². The van der Waals surface area contributed by atoms with E-state index in [1.807, 2.05) is 4.90 Å².